The van der Waals surface area contributed by atoms with E-state index in [0.29, 0.717) is 5.92 Å². The van der Waals surface area contributed by atoms with E-state index in [1.165, 1.54) is 15.9 Å². The maximum Gasteiger partial charge on any atom is 0.261 e. The maximum absolute atomic E-state index is 7.41. The van der Waals surface area contributed by atoms with Crippen LogP contribution in [0.15, 0.2) is 91.0 Å². The molecule has 32 heavy (non-hydrogen) atoms. The molecule has 0 radical (unpaired) electrons. The van der Waals surface area contributed by atoms with E-state index >= 15 is 0 Å². The van der Waals surface area contributed by atoms with Crippen molar-refractivity contribution in [2.24, 2.45) is 5.92 Å². The van der Waals surface area contributed by atoms with Gasteiger partial charge in [0.05, 0.1) is 3.74 Å². The molecule has 0 amide bonds. The lowest BCUT2D eigenvalue weighted by atomic mass is 9.92. The van der Waals surface area contributed by atoms with Gasteiger partial charge in [-0.15, -0.1) is 0 Å². The summed E-state index contributed by atoms with van der Waals surface area (Å²) in [6, 6.07) is 32.6. The largest absolute Gasteiger partial charge is 0.404 e. The zero-order chi connectivity index (χ0) is 23.2. The van der Waals surface area contributed by atoms with Crippen LogP contribution in [-0.4, -0.2) is 18.2 Å². The van der Waals surface area contributed by atoms with Gasteiger partial charge in [0.1, 0.15) is 0 Å². The van der Waals surface area contributed by atoms with E-state index in [0.717, 1.165) is 12.8 Å². The molecule has 3 aromatic rings. The van der Waals surface area contributed by atoms with Gasteiger partial charge < -0.3 is 4.43 Å². The fourth-order valence-electron chi connectivity index (χ4n) is 4.65. The van der Waals surface area contributed by atoms with Gasteiger partial charge in [-0.3, -0.25) is 0 Å². The molecule has 1 nitrogen and oxygen atoms in total. The van der Waals surface area contributed by atoms with Gasteiger partial charge in [-0.25, -0.2) is 0 Å². The molecule has 0 saturated carbocycles. The topological polar surface area (TPSA) is 9.23 Å². The molecule has 170 valence electrons. The molecule has 0 spiro atoms. The number of hydrogen-bond acceptors (Lipinski definition) is 1. The van der Waals surface area contributed by atoms with Crippen LogP contribution in [0.1, 0.15) is 39.7 Å². The van der Waals surface area contributed by atoms with E-state index in [1.54, 1.807) is 0 Å². The molecule has 3 rings (SSSR count). The van der Waals surface area contributed by atoms with Crippen LogP contribution in [0.2, 0.25) is 5.04 Å². The molecule has 0 N–H and O–H groups in total. The van der Waals surface area contributed by atoms with Crippen molar-refractivity contribution in [2.75, 3.05) is 0 Å². The Morgan fingerprint density at radius 2 is 1.19 bits per heavy atom. The van der Waals surface area contributed by atoms with Crippen LogP contribution >= 0.6 is 31.9 Å². The summed E-state index contributed by atoms with van der Waals surface area (Å²) in [6.07, 6.45) is 2.08. The van der Waals surface area contributed by atoms with E-state index in [1.807, 2.05) is 0 Å². The van der Waals surface area contributed by atoms with Crippen LogP contribution in [0.5, 0.6) is 0 Å². The number of alkyl halides is 2. The molecule has 0 fully saturated rings. The van der Waals surface area contributed by atoms with E-state index in [4.69, 9.17) is 4.43 Å². The van der Waals surface area contributed by atoms with Crippen molar-refractivity contribution in [1.29, 1.82) is 0 Å². The molecule has 0 saturated heterocycles. The van der Waals surface area contributed by atoms with Gasteiger partial charge in [-0.2, -0.15) is 0 Å². The standard InChI is InChI=1S/C28H34Br2OSi/c1-22(24(21-27(29)30)20-23-14-8-5-9-15-23)31-32(28(2,3)4,25-16-10-6-11-17-25)26-18-12-7-13-19-26/h5-19,22,24,27H,20-21H2,1-4H3/t22-,24-/m1/s1. The molecule has 0 aliphatic carbocycles. The lowest BCUT2D eigenvalue weighted by Gasteiger charge is -2.46. The van der Waals surface area contributed by atoms with Crippen LogP contribution in [-0.2, 0) is 10.8 Å². The number of benzene rings is 3. The number of rotatable bonds is 9. The van der Waals surface area contributed by atoms with Gasteiger partial charge >= 0.3 is 0 Å². The first kappa shape index (κ1) is 25.4. The first-order chi connectivity index (χ1) is 15.2. The minimum atomic E-state index is -2.57. The highest BCUT2D eigenvalue weighted by atomic mass is 79.9. The third-order valence-corrected chi connectivity index (χ3v) is 12.1. The quantitative estimate of drug-likeness (QED) is 0.192. The van der Waals surface area contributed by atoms with E-state index in [2.05, 4.69) is 151 Å². The van der Waals surface area contributed by atoms with Crippen LogP contribution in [0.4, 0.5) is 0 Å². The highest BCUT2D eigenvalue weighted by Gasteiger charge is 2.51. The highest BCUT2D eigenvalue weighted by molar-refractivity contribution is 9.24. The van der Waals surface area contributed by atoms with Gasteiger partial charge in [0.15, 0.2) is 0 Å². The first-order valence-electron chi connectivity index (χ1n) is 11.3. The van der Waals surface area contributed by atoms with Gasteiger partial charge in [0, 0.05) is 6.10 Å². The predicted molar refractivity (Wildman–Crippen MR) is 148 cm³/mol. The molecular weight excluding hydrogens is 540 g/mol. The number of halogens is 2. The monoisotopic (exact) mass is 572 g/mol. The van der Waals surface area contributed by atoms with Crippen LogP contribution in [0, 0.1) is 5.92 Å². The summed E-state index contributed by atoms with van der Waals surface area (Å²) in [5, 5.41) is 2.64. The van der Waals surface area contributed by atoms with Crippen molar-refractivity contribution in [3.63, 3.8) is 0 Å². The molecule has 2 atom stereocenters. The fraction of sp³-hybridized carbons (Fsp3) is 0.357. The van der Waals surface area contributed by atoms with Crippen LogP contribution < -0.4 is 10.4 Å². The van der Waals surface area contributed by atoms with Crippen molar-refractivity contribution < 1.29 is 4.43 Å². The average Bonchev–Trinajstić information content (AvgIpc) is 2.77. The Kier molecular flexibility index (Phi) is 8.96. The summed E-state index contributed by atoms with van der Waals surface area (Å²) in [4.78, 5) is 0. The Morgan fingerprint density at radius 3 is 1.59 bits per heavy atom. The Hall–Kier alpha value is -1.20. The van der Waals surface area contributed by atoms with Crippen molar-refractivity contribution in [3.05, 3.63) is 96.6 Å². The lowest BCUT2D eigenvalue weighted by Crippen LogP contribution is -2.68. The minimum absolute atomic E-state index is 0.0243. The van der Waals surface area contributed by atoms with E-state index in [9.17, 15) is 0 Å². The van der Waals surface area contributed by atoms with Gasteiger partial charge in [-0.1, -0.05) is 144 Å². The van der Waals surface area contributed by atoms with Crippen LogP contribution in [0.3, 0.4) is 0 Å². The summed E-state index contributed by atoms with van der Waals surface area (Å²) in [5.74, 6) is 0.378. The Bertz CT molecular complexity index is 900. The average molecular weight is 574 g/mol. The lowest BCUT2D eigenvalue weighted by molar-refractivity contribution is 0.136. The molecule has 0 bridgehead atoms. The summed E-state index contributed by atoms with van der Waals surface area (Å²) in [6.45, 7) is 9.30. The summed E-state index contributed by atoms with van der Waals surface area (Å²) >= 11 is 7.48. The van der Waals surface area contributed by atoms with E-state index < -0.39 is 8.32 Å². The van der Waals surface area contributed by atoms with Crippen LogP contribution in [0.25, 0.3) is 0 Å². The Morgan fingerprint density at radius 1 is 0.750 bits per heavy atom. The Balaban J connectivity index is 2.06. The smallest absolute Gasteiger partial charge is 0.261 e. The SMILES string of the molecule is C[C@@H](O[Si](c1ccccc1)(c1ccccc1)C(C)(C)C)[C@H](Cc1ccccc1)CC(Br)Br. The molecule has 0 unspecified atom stereocenters. The molecule has 4 heteroatoms. The predicted octanol–water partition coefficient (Wildman–Crippen LogP) is 7.32. The fourth-order valence-corrected chi connectivity index (χ4v) is 10.4. The zero-order valence-corrected chi connectivity index (χ0v) is 23.6. The maximum atomic E-state index is 7.41. The highest BCUT2D eigenvalue weighted by Crippen LogP contribution is 2.39. The van der Waals surface area contributed by atoms with Gasteiger partial charge in [0.2, 0.25) is 0 Å². The second-order valence-electron chi connectivity index (χ2n) is 9.56. The molecular formula is C28H34Br2OSi. The second kappa shape index (κ2) is 11.3. The summed E-state index contributed by atoms with van der Waals surface area (Å²) < 4.78 is 7.67. The third-order valence-electron chi connectivity index (χ3n) is 6.26. The summed E-state index contributed by atoms with van der Waals surface area (Å²) in [7, 11) is -2.57. The molecule has 0 aliphatic heterocycles. The first-order valence-corrected chi connectivity index (χ1v) is 15.1. The van der Waals surface area contributed by atoms with Crippen molar-refractivity contribution >= 4 is 50.6 Å². The number of hydrogen-bond donors (Lipinski definition) is 0. The van der Waals surface area contributed by atoms with Crippen molar-refractivity contribution in [3.8, 4) is 0 Å². The van der Waals surface area contributed by atoms with Gasteiger partial charge in [0.25, 0.3) is 8.32 Å². The zero-order valence-electron chi connectivity index (χ0n) is 19.5. The minimum Gasteiger partial charge on any atom is -0.404 e. The van der Waals surface area contributed by atoms with Gasteiger partial charge in [-0.05, 0) is 46.7 Å². The third kappa shape index (κ3) is 6.02. The normalized spacial score (nSPS) is 14.3. The van der Waals surface area contributed by atoms with Crippen molar-refractivity contribution in [1.82, 2.24) is 0 Å². The molecule has 3 aromatic carbocycles. The summed E-state index contributed by atoms with van der Waals surface area (Å²) in [5.41, 5.74) is 1.36. The second-order valence-corrected chi connectivity index (χ2v) is 17.3. The Labute approximate surface area is 212 Å². The van der Waals surface area contributed by atoms with Crippen molar-refractivity contribution in [2.45, 2.75) is 55.4 Å². The molecule has 0 heterocycles. The van der Waals surface area contributed by atoms with E-state index in [-0.39, 0.29) is 14.9 Å². The molecule has 0 aromatic heterocycles. The molecule has 0 aliphatic rings.